The van der Waals surface area contributed by atoms with Crippen LogP contribution in [0.25, 0.3) is 11.1 Å². The maximum atomic E-state index is 12.0. The summed E-state index contributed by atoms with van der Waals surface area (Å²) in [6.45, 7) is 2.42. The van der Waals surface area contributed by atoms with Crippen LogP contribution in [0.1, 0.15) is 17.3 Å². The van der Waals surface area contributed by atoms with E-state index >= 15 is 0 Å². The Labute approximate surface area is 119 Å². The van der Waals surface area contributed by atoms with E-state index in [1.165, 1.54) is 0 Å². The topological polar surface area (TPSA) is 38.3 Å². The van der Waals surface area contributed by atoms with Crippen molar-refractivity contribution in [2.75, 3.05) is 13.7 Å². The van der Waals surface area contributed by atoms with Crippen molar-refractivity contribution < 1.29 is 9.53 Å². The Morgan fingerprint density at radius 3 is 2.25 bits per heavy atom. The summed E-state index contributed by atoms with van der Waals surface area (Å²) in [6.07, 6.45) is 0. The number of hydrogen-bond acceptors (Lipinski definition) is 2. The monoisotopic (exact) mass is 269 g/mol. The smallest absolute Gasteiger partial charge is 0.251 e. The third-order valence-corrected chi connectivity index (χ3v) is 3.05. The van der Waals surface area contributed by atoms with Crippen molar-refractivity contribution in [3.63, 3.8) is 0 Å². The summed E-state index contributed by atoms with van der Waals surface area (Å²) in [5, 5.41) is 2.89. The molecule has 0 bridgehead atoms. The molecular weight excluding hydrogens is 250 g/mol. The molecular formula is C17H19NO2. The minimum Gasteiger partial charge on any atom is -0.383 e. The number of amides is 1. The Bertz CT molecular complexity index is 549. The van der Waals surface area contributed by atoms with Crippen LogP contribution in [-0.2, 0) is 4.74 Å². The first-order valence-corrected chi connectivity index (χ1v) is 6.66. The maximum absolute atomic E-state index is 12.0. The summed E-state index contributed by atoms with van der Waals surface area (Å²) in [5.74, 6) is -0.0749. The molecule has 2 aromatic carbocycles. The van der Waals surface area contributed by atoms with Crippen LogP contribution in [0, 0.1) is 0 Å². The van der Waals surface area contributed by atoms with Crippen LogP contribution in [0.2, 0.25) is 0 Å². The maximum Gasteiger partial charge on any atom is 0.251 e. The Balaban J connectivity index is 2.07. The zero-order chi connectivity index (χ0) is 14.4. The van der Waals surface area contributed by atoms with E-state index in [4.69, 9.17) is 4.74 Å². The van der Waals surface area contributed by atoms with Gasteiger partial charge in [0.25, 0.3) is 5.91 Å². The van der Waals surface area contributed by atoms with Gasteiger partial charge in [-0.3, -0.25) is 4.79 Å². The average Bonchev–Trinajstić information content (AvgIpc) is 2.48. The van der Waals surface area contributed by atoms with Crippen molar-refractivity contribution >= 4 is 5.91 Å². The van der Waals surface area contributed by atoms with Crippen LogP contribution in [-0.4, -0.2) is 25.7 Å². The highest BCUT2D eigenvalue weighted by Gasteiger charge is 2.09. The zero-order valence-corrected chi connectivity index (χ0v) is 11.8. The number of carbonyl (C=O) groups is 1. The van der Waals surface area contributed by atoms with Gasteiger partial charge in [0.1, 0.15) is 0 Å². The number of ether oxygens (including phenoxy) is 1. The Morgan fingerprint density at radius 1 is 1.05 bits per heavy atom. The number of rotatable bonds is 5. The van der Waals surface area contributed by atoms with Gasteiger partial charge in [0.15, 0.2) is 0 Å². The lowest BCUT2D eigenvalue weighted by Crippen LogP contribution is -2.35. The molecule has 0 unspecified atom stereocenters. The molecule has 0 aliphatic carbocycles. The third-order valence-electron chi connectivity index (χ3n) is 3.05. The summed E-state index contributed by atoms with van der Waals surface area (Å²) in [6, 6.07) is 17.7. The molecule has 0 aliphatic rings. The molecule has 3 nitrogen and oxygen atoms in total. The molecule has 0 saturated heterocycles. The molecule has 20 heavy (non-hydrogen) atoms. The first-order chi connectivity index (χ1) is 9.70. The zero-order valence-electron chi connectivity index (χ0n) is 11.8. The molecule has 0 saturated carbocycles. The van der Waals surface area contributed by atoms with Gasteiger partial charge in [0.05, 0.1) is 6.61 Å². The second-order valence-electron chi connectivity index (χ2n) is 4.77. The average molecular weight is 269 g/mol. The molecule has 0 aromatic heterocycles. The Kier molecular flexibility index (Phi) is 4.91. The summed E-state index contributed by atoms with van der Waals surface area (Å²) in [4.78, 5) is 12.0. The van der Waals surface area contributed by atoms with Gasteiger partial charge in [-0.05, 0) is 30.2 Å². The van der Waals surface area contributed by atoms with Crippen molar-refractivity contribution in [1.29, 1.82) is 0 Å². The lowest BCUT2D eigenvalue weighted by Gasteiger charge is -2.12. The lowest BCUT2D eigenvalue weighted by molar-refractivity contribution is 0.0905. The minimum atomic E-state index is -0.0749. The molecule has 1 N–H and O–H groups in total. The van der Waals surface area contributed by atoms with Crippen molar-refractivity contribution in [2.24, 2.45) is 0 Å². The molecule has 1 amide bonds. The lowest BCUT2D eigenvalue weighted by atomic mass is 10.0. The highest BCUT2D eigenvalue weighted by molar-refractivity contribution is 5.94. The van der Waals surface area contributed by atoms with Crippen molar-refractivity contribution in [3.8, 4) is 11.1 Å². The van der Waals surface area contributed by atoms with Crippen molar-refractivity contribution in [2.45, 2.75) is 13.0 Å². The number of nitrogens with one attached hydrogen (secondary N) is 1. The van der Waals surface area contributed by atoms with Crippen LogP contribution >= 0.6 is 0 Å². The van der Waals surface area contributed by atoms with Crippen LogP contribution in [0.4, 0.5) is 0 Å². The molecule has 0 spiro atoms. The predicted octanol–water partition coefficient (Wildman–Crippen LogP) is 3.12. The second kappa shape index (κ2) is 6.87. The van der Waals surface area contributed by atoms with E-state index in [2.05, 4.69) is 17.4 Å². The van der Waals surface area contributed by atoms with Gasteiger partial charge in [-0.2, -0.15) is 0 Å². The first kappa shape index (κ1) is 14.3. The Morgan fingerprint density at radius 2 is 1.65 bits per heavy atom. The second-order valence-corrected chi connectivity index (χ2v) is 4.77. The molecule has 0 aliphatic heterocycles. The van der Waals surface area contributed by atoms with Crippen LogP contribution in [0.3, 0.4) is 0 Å². The fourth-order valence-corrected chi connectivity index (χ4v) is 2.04. The SMILES string of the molecule is COC[C@H](C)NC(=O)c1ccc(-c2ccccc2)cc1. The quantitative estimate of drug-likeness (QED) is 0.905. The molecule has 0 heterocycles. The predicted molar refractivity (Wildman–Crippen MR) is 80.7 cm³/mol. The van der Waals surface area contributed by atoms with Crippen molar-refractivity contribution in [1.82, 2.24) is 5.32 Å². The van der Waals surface area contributed by atoms with Gasteiger partial charge in [-0.15, -0.1) is 0 Å². The summed E-state index contributed by atoms with van der Waals surface area (Å²) < 4.78 is 5.00. The van der Waals surface area contributed by atoms with E-state index < -0.39 is 0 Å². The van der Waals surface area contributed by atoms with E-state index in [9.17, 15) is 4.79 Å². The summed E-state index contributed by atoms with van der Waals surface area (Å²) in [5.41, 5.74) is 2.91. The highest BCUT2D eigenvalue weighted by atomic mass is 16.5. The Hall–Kier alpha value is -2.13. The molecule has 104 valence electrons. The fraction of sp³-hybridized carbons (Fsp3) is 0.235. The summed E-state index contributed by atoms with van der Waals surface area (Å²) in [7, 11) is 1.62. The molecule has 1 atom stereocenters. The minimum absolute atomic E-state index is 0.00120. The van der Waals surface area contributed by atoms with E-state index in [1.807, 2.05) is 49.4 Å². The highest BCUT2D eigenvalue weighted by Crippen LogP contribution is 2.19. The largest absolute Gasteiger partial charge is 0.383 e. The van der Waals surface area contributed by atoms with E-state index in [-0.39, 0.29) is 11.9 Å². The van der Waals surface area contributed by atoms with Gasteiger partial charge in [0.2, 0.25) is 0 Å². The van der Waals surface area contributed by atoms with E-state index in [0.717, 1.165) is 11.1 Å². The molecule has 0 fully saturated rings. The van der Waals surface area contributed by atoms with Crippen LogP contribution in [0.5, 0.6) is 0 Å². The normalized spacial score (nSPS) is 11.9. The van der Waals surface area contributed by atoms with Crippen LogP contribution in [0.15, 0.2) is 54.6 Å². The molecule has 2 aromatic rings. The first-order valence-electron chi connectivity index (χ1n) is 6.66. The number of hydrogen-bond donors (Lipinski definition) is 1. The molecule has 0 radical (unpaired) electrons. The van der Waals surface area contributed by atoms with Gasteiger partial charge in [0, 0.05) is 18.7 Å². The third kappa shape index (κ3) is 3.68. The van der Waals surface area contributed by atoms with Gasteiger partial charge >= 0.3 is 0 Å². The number of carbonyl (C=O) groups excluding carboxylic acids is 1. The van der Waals surface area contributed by atoms with Crippen LogP contribution < -0.4 is 5.32 Å². The number of methoxy groups -OCH3 is 1. The van der Waals surface area contributed by atoms with E-state index in [0.29, 0.717) is 12.2 Å². The standard InChI is InChI=1S/C17H19NO2/c1-13(12-20-2)18-17(19)16-10-8-15(9-11-16)14-6-4-3-5-7-14/h3-11,13H,12H2,1-2H3,(H,18,19)/t13-/m0/s1. The van der Waals surface area contributed by atoms with E-state index in [1.54, 1.807) is 7.11 Å². The molecule has 2 rings (SSSR count). The van der Waals surface area contributed by atoms with Gasteiger partial charge in [-0.1, -0.05) is 42.5 Å². The van der Waals surface area contributed by atoms with Crippen molar-refractivity contribution in [3.05, 3.63) is 60.2 Å². The summed E-state index contributed by atoms with van der Waals surface area (Å²) >= 11 is 0. The number of benzene rings is 2. The van der Waals surface area contributed by atoms with Gasteiger partial charge in [-0.25, -0.2) is 0 Å². The van der Waals surface area contributed by atoms with Gasteiger partial charge < -0.3 is 10.1 Å². The molecule has 3 heteroatoms. The fourth-order valence-electron chi connectivity index (χ4n) is 2.04.